The maximum absolute atomic E-state index is 11.8. The molecule has 0 saturated heterocycles. The summed E-state index contributed by atoms with van der Waals surface area (Å²) in [5.74, 6) is -0.00426. The summed E-state index contributed by atoms with van der Waals surface area (Å²) in [6.45, 7) is 4.39. The first kappa shape index (κ1) is 12.4. The van der Waals surface area contributed by atoms with Gasteiger partial charge in [-0.1, -0.05) is 0 Å². The van der Waals surface area contributed by atoms with E-state index in [0.717, 1.165) is 22.5 Å². The van der Waals surface area contributed by atoms with Crippen molar-refractivity contribution in [2.75, 3.05) is 0 Å². The summed E-state index contributed by atoms with van der Waals surface area (Å²) < 4.78 is 6.74. The van der Waals surface area contributed by atoms with Crippen LogP contribution in [0.4, 0.5) is 0 Å². The molecule has 0 fully saturated rings. The van der Waals surface area contributed by atoms with Gasteiger partial charge in [0.05, 0.1) is 24.6 Å². The molecule has 2 rings (SSSR count). The van der Waals surface area contributed by atoms with E-state index in [0.29, 0.717) is 13.0 Å². The normalized spacial score (nSPS) is 10.6. The van der Waals surface area contributed by atoms with E-state index in [1.807, 2.05) is 27.0 Å². The molecular formula is C13H17N3O2. The van der Waals surface area contributed by atoms with Gasteiger partial charge >= 0.3 is 0 Å². The lowest BCUT2D eigenvalue weighted by Crippen LogP contribution is -2.24. The summed E-state index contributed by atoms with van der Waals surface area (Å²) in [5, 5.41) is 7.16. The van der Waals surface area contributed by atoms with Crippen molar-refractivity contribution >= 4 is 5.91 Å². The number of nitrogens with one attached hydrogen (secondary N) is 1. The van der Waals surface area contributed by atoms with Crippen molar-refractivity contribution in [2.24, 2.45) is 7.05 Å². The largest absolute Gasteiger partial charge is 0.472 e. The Morgan fingerprint density at radius 2 is 2.28 bits per heavy atom. The summed E-state index contributed by atoms with van der Waals surface area (Å²) in [7, 11) is 1.88. The third-order valence-corrected chi connectivity index (χ3v) is 3.07. The van der Waals surface area contributed by atoms with Crippen LogP contribution in [0.1, 0.15) is 22.5 Å². The number of carbonyl (C=O) groups is 1. The van der Waals surface area contributed by atoms with Crippen LogP contribution in [0.3, 0.4) is 0 Å². The van der Waals surface area contributed by atoms with Gasteiger partial charge in [0, 0.05) is 30.4 Å². The standard InChI is InChI=1S/C13H17N3O2/c1-9-12(10(2)16(3)15-9)6-13(17)14-7-11-4-5-18-8-11/h4-5,8H,6-7H2,1-3H3,(H,14,17). The molecule has 0 atom stereocenters. The minimum atomic E-state index is -0.00426. The molecule has 2 aromatic rings. The molecule has 2 heterocycles. The van der Waals surface area contributed by atoms with Crippen molar-refractivity contribution in [2.45, 2.75) is 26.8 Å². The number of rotatable bonds is 4. The smallest absolute Gasteiger partial charge is 0.224 e. The van der Waals surface area contributed by atoms with E-state index in [4.69, 9.17) is 4.42 Å². The Morgan fingerprint density at radius 3 is 2.83 bits per heavy atom. The molecule has 1 N–H and O–H groups in total. The van der Waals surface area contributed by atoms with Crippen molar-refractivity contribution in [1.82, 2.24) is 15.1 Å². The first-order valence-corrected chi connectivity index (χ1v) is 5.84. The molecule has 1 amide bonds. The molecule has 0 unspecified atom stereocenters. The van der Waals surface area contributed by atoms with Crippen LogP contribution in [-0.2, 0) is 24.8 Å². The Hall–Kier alpha value is -2.04. The van der Waals surface area contributed by atoms with Gasteiger partial charge < -0.3 is 9.73 Å². The highest BCUT2D eigenvalue weighted by Gasteiger charge is 2.13. The molecule has 5 heteroatoms. The molecule has 2 aromatic heterocycles. The summed E-state index contributed by atoms with van der Waals surface area (Å²) in [6.07, 6.45) is 3.58. The van der Waals surface area contributed by atoms with Gasteiger partial charge in [0.2, 0.25) is 5.91 Å². The van der Waals surface area contributed by atoms with Gasteiger partial charge in [-0.2, -0.15) is 5.10 Å². The van der Waals surface area contributed by atoms with Gasteiger partial charge in [-0.15, -0.1) is 0 Å². The number of hydrogen-bond acceptors (Lipinski definition) is 3. The Kier molecular flexibility index (Phi) is 3.50. The summed E-state index contributed by atoms with van der Waals surface area (Å²) in [6, 6.07) is 1.83. The monoisotopic (exact) mass is 247 g/mol. The highest BCUT2D eigenvalue weighted by molar-refractivity contribution is 5.79. The maximum Gasteiger partial charge on any atom is 0.224 e. The van der Waals surface area contributed by atoms with E-state index in [1.165, 1.54) is 0 Å². The fourth-order valence-corrected chi connectivity index (χ4v) is 1.89. The van der Waals surface area contributed by atoms with E-state index in [-0.39, 0.29) is 5.91 Å². The number of hydrogen-bond donors (Lipinski definition) is 1. The predicted molar refractivity (Wildman–Crippen MR) is 66.9 cm³/mol. The first-order valence-electron chi connectivity index (χ1n) is 5.84. The second kappa shape index (κ2) is 5.08. The van der Waals surface area contributed by atoms with Crippen LogP contribution in [0, 0.1) is 13.8 Å². The fraction of sp³-hybridized carbons (Fsp3) is 0.385. The lowest BCUT2D eigenvalue weighted by molar-refractivity contribution is -0.120. The molecule has 0 spiro atoms. The molecular weight excluding hydrogens is 230 g/mol. The van der Waals surface area contributed by atoms with Crippen LogP contribution >= 0.6 is 0 Å². The molecule has 0 aromatic carbocycles. The molecule has 5 nitrogen and oxygen atoms in total. The zero-order valence-electron chi connectivity index (χ0n) is 10.9. The van der Waals surface area contributed by atoms with Crippen molar-refractivity contribution < 1.29 is 9.21 Å². The van der Waals surface area contributed by atoms with Crippen molar-refractivity contribution in [3.8, 4) is 0 Å². The van der Waals surface area contributed by atoms with Gasteiger partial charge in [0.1, 0.15) is 0 Å². The van der Waals surface area contributed by atoms with Gasteiger partial charge in [-0.25, -0.2) is 0 Å². The minimum absolute atomic E-state index is 0.00426. The van der Waals surface area contributed by atoms with Crippen LogP contribution in [0.2, 0.25) is 0 Å². The van der Waals surface area contributed by atoms with Gasteiger partial charge in [-0.3, -0.25) is 9.48 Å². The lowest BCUT2D eigenvalue weighted by atomic mass is 10.1. The van der Waals surface area contributed by atoms with E-state index >= 15 is 0 Å². The van der Waals surface area contributed by atoms with Gasteiger partial charge in [0.15, 0.2) is 0 Å². The van der Waals surface area contributed by atoms with Crippen molar-refractivity contribution in [1.29, 1.82) is 0 Å². The molecule has 96 valence electrons. The van der Waals surface area contributed by atoms with Crippen LogP contribution in [0.15, 0.2) is 23.0 Å². The average Bonchev–Trinajstić information content (AvgIpc) is 2.92. The Balaban J connectivity index is 1.95. The number of furan rings is 1. The first-order chi connectivity index (χ1) is 8.58. The molecule has 0 saturated carbocycles. The van der Waals surface area contributed by atoms with Crippen LogP contribution in [0.25, 0.3) is 0 Å². The SMILES string of the molecule is Cc1nn(C)c(C)c1CC(=O)NCc1ccoc1. The Bertz CT molecular complexity index is 541. The fourth-order valence-electron chi connectivity index (χ4n) is 1.89. The van der Waals surface area contributed by atoms with Crippen LogP contribution < -0.4 is 5.32 Å². The van der Waals surface area contributed by atoms with Gasteiger partial charge in [0.25, 0.3) is 0 Å². The number of carbonyl (C=O) groups excluding carboxylic acids is 1. The highest BCUT2D eigenvalue weighted by Crippen LogP contribution is 2.12. The highest BCUT2D eigenvalue weighted by atomic mass is 16.3. The van der Waals surface area contributed by atoms with E-state index in [9.17, 15) is 4.79 Å². The average molecular weight is 247 g/mol. The van der Waals surface area contributed by atoms with Crippen LogP contribution in [0.5, 0.6) is 0 Å². The maximum atomic E-state index is 11.8. The predicted octanol–water partition coefficient (Wildman–Crippen LogP) is 1.49. The lowest BCUT2D eigenvalue weighted by Gasteiger charge is -2.04. The molecule has 0 bridgehead atoms. The van der Waals surface area contributed by atoms with E-state index < -0.39 is 0 Å². The zero-order valence-corrected chi connectivity index (χ0v) is 10.9. The summed E-state index contributed by atoms with van der Waals surface area (Å²) >= 11 is 0. The second-order valence-corrected chi connectivity index (χ2v) is 4.36. The Morgan fingerprint density at radius 1 is 1.50 bits per heavy atom. The van der Waals surface area contributed by atoms with E-state index in [2.05, 4.69) is 10.4 Å². The Labute approximate surface area is 106 Å². The quantitative estimate of drug-likeness (QED) is 0.890. The number of aromatic nitrogens is 2. The van der Waals surface area contributed by atoms with E-state index in [1.54, 1.807) is 17.2 Å². The minimum Gasteiger partial charge on any atom is -0.472 e. The molecule has 0 radical (unpaired) electrons. The number of aryl methyl sites for hydroxylation is 2. The zero-order chi connectivity index (χ0) is 13.1. The number of amides is 1. The molecule has 0 aliphatic heterocycles. The van der Waals surface area contributed by atoms with Crippen molar-refractivity contribution in [3.05, 3.63) is 41.1 Å². The summed E-state index contributed by atoms with van der Waals surface area (Å²) in [4.78, 5) is 11.8. The topological polar surface area (TPSA) is 60.1 Å². The van der Waals surface area contributed by atoms with Crippen molar-refractivity contribution in [3.63, 3.8) is 0 Å². The third-order valence-electron chi connectivity index (χ3n) is 3.07. The molecule has 0 aliphatic rings. The molecule has 0 aliphatic carbocycles. The van der Waals surface area contributed by atoms with Gasteiger partial charge in [-0.05, 0) is 19.9 Å². The molecule has 18 heavy (non-hydrogen) atoms. The second-order valence-electron chi connectivity index (χ2n) is 4.36. The summed E-state index contributed by atoms with van der Waals surface area (Å²) in [5.41, 5.74) is 3.91. The number of nitrogens with zero attached hydrogens (tertiary/aromatic N) is 2. The van der Waals surface area contributed by atoms with Crippen LogP contribution in [-0.4, -0.2) is 15.7 Å². The third kappa shape index (κ3) is 2.61.